The second kappa shape index (κ2) is 9.62. The van der Waals surface area contributed by atoms with Crippen LogP contribution in [0.3, 0.4) is 0 Å². The van der Waals surface area contributed by atoms with Crippen molar-refractivity contribution in [3.8, 4) is 17.1 Å². The first kappa shape index (κ1) is 20.9. The molecule has 2 heterocycles. The van der Waals surface area contributed by atoms with Crippen LogP contribution < -0.4 is 9.64 Å². The van der Waals surface area contributed by atoms with Crippen molar-refractivity contribution in [3.63, 3.8) is 0 Å². The molecule has 0 N–H and O–H groups in total. The highest BCUT2D eigenvalue weighted by atomic mass is 32.1. The summed E-state index contributed by atoms with van der Waals surface area (Å²) >= 11 is 1.64. The van der Waals surface area contributed by atoms with Crippen molar-refractivity contribution in [1.82, 2.24) is 4.98 Å². The van der Waals surface area contributed by atoms with Crippen LogP contribution >= 0.6 is 11.3 Å². The first-order chi connectivity index (χ1) is 15.1. The summed E-state index contributed by atoms with van der Waals surface area (Å²) in [5.41, 5.74) is 3.01. The molecule has 2 aromatic heterocycles. The molecular formula is C25H24N2O3S. The van der Waals surface area contributed by atoms with Crippen molar-refractivity contribution in [1.29, 1.82) is 0 Å². The zero-order valence-electron chi connectivity index (χ0n) is 17.6. The summed E-state index contributed by atoms with van der Waals surface area (Å²) in [6.45, 7) is 2.58. The molecule has 0 saturated heterocycles. The van der Waals surface area contributed by atoms with E-state index in [4.69, 9.17) is 9.15 Å². The molecule has 0 atom stereocenters. The number of benzene rings is 2. The van der Waals surface area contributed by atoms with Gasteiger partial charge >= 0.3 is 0 Å². The number of carbonyl (C=O) groups is 1. The number of carbonyl (C=O) groups excluding carboxylic acids is 1. The van der Waals surface area contributed by atoms with Crippen LogP contribution in [0.25, 0.3) is 11.3 Å². The van der Waals surface area contributed by atoms with Gasteiger partial charge in [-0.25, -0.2) is 4.98 Å². The number of anilines is 1. The number of aromatic nitrogens is 1. The maximum atomic E-state index is 13.1. The van der Waals surface area contributed by atoms with E-state index in [-0.39, 0.29) is 5.91 Å². The molecule has 0 radical (unpaired) electrons. The molecule has 5 nitrogen and oxygen atoms in total. The largest absolute Gasteiger partial charge is 0.497 e. The SMILES string of the molecule is COc1ccc(N(Cc2cccs2)C(=O)CCc2ncc(-c3ccc(C)cc3)o2)cc1. The second-order valence-electron chi connectivity index (χ2n) is 7.24. The Morgan fingerprint density at radius 3 is 2.55 bits per heavy atom. The number of hydrogen-bond acceptors (Lipinski definition) is 5. The van der Waals surface area contributed by atoms with Crippen LogP contribution in [0, 0.1) is 6.92 Å². The third-order valence-electron chi connectivity index (χ3n) is 5.02. The summed E-state index contributed by atoms with van der Waals surface area (Å²) < 4.78 is 11.1. The second-order valence-corrected chi connectivity index (χ2v) is 8.27. The molecule has 0 bridgehead atoms. The van der Waals surface area contributed by atoms with Crippen molar-refractivity contribution in [2.24, 2.45) is 0 Å². The predicted molar refractivity (Wildman–Crippen MR) is 124 cm³/mol. The van der Waals surface area contributed by atoms with E-state index in [0.717, 1.165) is 21.9 Å². The number of amides is 1. The third-order valence-corrected chi connectivity index (χ3v) is 5.88. The normalized spacial score (nSPS) is 10.8. The molecule has 0 aliphatic heterocycles. The van der Waals surface area contributed by atoms with E-state index in [9.17, 15) is 4.79 Å². The fourth-order valence-electron chi connectivity index (χ4n) is 3.27. The van der Waals surface area contributed by atoms with Gasteiger partial charge in [-0.15, -0.1) is 11.3 Å². The molecule has 1 amide bonds. The van der Waals surface area contributed by atoms with Crippen molar-refractivity contribution < 1.29 is 13.9 Å². The number of hydrogen-bond donors (Lipinski definition) is 0. The molecule has 0 aliphatic carbocycles. The Balaban J connectivity index is 1.46. The summed E-state index contributed by atoms with van der Waals surface area (Å²) in [5, 5.41) is 2.02. The van der Waals surface area contributed by atoms with E-state index in [1.165, 1.54) is 5.56 Å². The topological polar surface area (TPSA) is 55.6 Å². The number of ether oxygens (including phenoxy) is 1. The number of nitrogens with zero attached hydrogens (tertiary/aromatic N) is 2. The third kappa shape index (κ3) is 5.22. The lowest BCUT2D eigenvalue weighted by Gasteiger charge is -2.22. The highest BCUT2D eigenvalue weighted by Crippen LogP contribution is 2.25. The van der Waals surface area contributed by atoms with Gasteiger partial charge in [-0.1, -0.05) is 35.9 Å². The van der Waals surface area contributed by atoms with Crippen LogP contribution in [-0.2, 0) is 17.8 Å². The van der Waals surface area contributed by atoms with Crippen LogP contribution in [0.5, 0.6) is 5.75 Å². The molecule has 31 heavy (non-hydrogen) atoms. The minimum absolute atomic E-state index is 0.0219. The molecule has 158 valence electrons. The Bertz CT molecular complexity index is 1120. The van der Waals surface area contributed by atoms with Crippen molar-refractivity contribution in [2.75, 3.05) is 12.0 Å². The quantitative estimate of drug-likeness (QED) is 0.349. The van der Waals surface area contributed by atoms with E-state index < -0.39 is 0 Å². The summed E-state index contributed by atoms with van der Waals surface area (Å²) in [5.74, 6) is 2.06. The molecule has 0 saturated carbocycles. The zero-order chi connectivity index (χ0) is 21.6. The fraction of sp³-hybridized carbons (Fsp3) is 0.200. The predicted octanol–water partition coefficient (Wildman–Crippen LogP) is 5.89. The average Bonchev–Trinajstić information content (AvgIpc) is 3.49. The molecular weight excluding hydrogens is 408 g/mol. The van der Waals surface area contributed by atoms with E-state index in [1.54, 1.807) is 29.5 Å². The summed E-state index contributed by atoms with van der Waals surface area (Å²) in [6, 6.07) is 19.7. The first-order valence-electron chi connectivity index (χ1n) is 10.1. The molecule has 0 spiro atoms. The smallest absolute Gasteiger partial charge is 0.227 e. The van der Waals surface area contributed by atoms with Crippen LogP contribution in [0.1, 0.15) is 22.8 Å². The Hall–Kier alpha value is -3.38. The van der Waals surface area contributed by atoms with Crippen molar-refractivity contribution >= 4 is 22.9 Å². The number of oxazole rings is 1. The lowest BCUT2D eigenvalue weighted by molar-refractivity contribution is -0.118. The molecule has 0 fully saturated rings. The summed E-state index contributed by atoms with van der Waals surface area (Å²) in [6.07, 6.45) is 2.48. The van der Waals surface area contributed by atoms with Gasteiger partial charge in [0.2, 0.25) is 5.91 Å². The molecule has 4 aromatic rings. The fourth-order valence-corrected chi connectivity index (χ4v) is 3.96. The van der Waals surface area contributed by atoms with Gasteiger partial charge in [0.05, 0.1) is 19.9 Å². The van der Waals surface area contributed by atoms with E-state index in [1.807, 2.05) is 73.0 Å². The van der Waals surface area contributed by atoms with Gasteiger partial charge in [0.1, 0.15) is 5.75 Å². The van der Waals surface area contributed by atoms with E-state index >= 15 is 0 Å². The van der Waals surface area contributed by atoms with E-state index in [2.05, 4.69) is 4.98 Å². The minimum atomic E-state index is 0.0219. The minimum Gasteiger partial charge on any atom is -0.497 e. The van der Waals surface area contributed by atoms with Gasteiger partial charge in [0.15, 0.2) is 11.7 Å². The Labute approximate surface area is 185 Å². The molecule has 2 aromatic carbocycles. The highest BCUT2D eigenvalue weighted by molar-refractivity contribution is 7.09. The Morgan fingerprint density at radius 2 is 1.87 bits per heavy atom. The number of methoxy groups -OCH3 is 1. The van der Waals surface area contributed by atoms with Gasteiger partial charge in [-0.05, 0) is 42.6 Å². The van der Waals surface area contributed by atoms with Crippen LogP contribution in [0.15, 0.2) is 76.7 Å². The molecule has 4 rings (SSSR count). The zero-order valence-corrected chi connectivity index (χ0v) is 18.4. The van der Waals surface area contributed by atoms with Gasteiger partial charge < -0.3 is 14.1 Å². The monoisotopic (exact) mass is 432 g/mol. The van der Waals surface area contributed by atoms with Crippen LogP contribution in [0.2, 0.25) is 0 Å². The summed E-state index contributed by atoms with van der Waals surface area (Å²) in [4.78, 5) is 20.4. The molecule has 0 aliphatic rings. The molecule has 6 heteroatoms. The van der Waals surface area contributed by atoms with Crippen molar-refractivity contribution in [3.05, 3.63) is 88.6 Å². The summed E-state index contributed by atoms with van der Waals surface area (Å²) in [7, 11) is 1.63. The highest BCUT2D eigenvalue weighted by Gasteiger charge is 2.18. The lowest BCUT2D eigenvalue weighted by atomic mass is 10.1. The molecule has 0 unspecified atom stereocenters. The number of thiophene rings is 1. The van der Waals surface area contributed by atoms with Gasteiger partial charge in [-0.3, -0.25) is 4.79 Å². The van der Waals surface area contributed by atoms with Gasteiger partial charge in [-0.2, -0.15) is 0 Å². The Morgan fingerprint density at radius 1 is 1.10 bits per heavy atom. The first-order valence-corrected chi connectivity index (χ1v) is 11.0. The number of rotatable bonds is 8. The average molecular weight is 433 g/mol. The van der Waals surface area contributed by atoms with Gasteiger partial charge in [0, 0.05) is 29.0 Å². The maximum Gasteiger partial charge on any atom is 0.227 e. The van der Waals surface area contributed by atoms with Crippen LogP contribution in [-0.4, -0.2) is 18.0 Å². The van der Waals surface area contributed by atoms with Crippen LogP contribution in [0.4, 0.5) is 5.69 Å². The standard InChI is InChI=1S/C25H24N2O3S/c1-18-5-7-19(8-6-18)23-16-26-24(30-23)13-14-25(28)27(17-22-4-3-15-31-22)20-9-11-21(29-2)12-10-20/h3-12,15-16H,13-14,17H2,1-2H3. The van der Waals surface area contributed by atoms with E-state index in [0.29, 0.717) is 31.0 Å². The maximum absolute atomic E-state index is 13.1. The number of aryl methyl sites for hydroxylation is 2. The lowest BCUT2D eigenvalue weighted by Crippen LogP contribution is -2.30. The Kier molecular flexibility index (Phi) is 6.48. The van der Waals surface area contributed by atoms with Gasteiger partial charge in [0.25, 0.3) is 0 Å². The van der Waals surface area contributed by atoms with Crippen molar-refractivity contribution in [2.45, 2.75) is 26.3 Å².